The summed E-state index contributed by atoms with van der Waals surface area (Å²) in [6, 6.07) is 5.19. The molecule has 100 valence electrons. The maximum Gasteiger partial charge on any atom is 0.164 e. The molecule has 2 rings (SSSR count). The van der Waals surface area contributed by atoms with Crippen molar-refractivity contribution < 1.29 is 0 Å². The highest BCUT2D eigenvalue weighted by Crippen LogP contribution is 2.35. The van der Waals surface area contributed by atoms with Gasteiger partial charge >= 0.3 is 0 Å². The van der Waals surface area contributed by atoms with Crippen LogP contribution in [0.2, 0.25) is 15.1 Å². The third-order valence-corrected chi connectivity index (χ3v) is 3.92. The second kappa shape index (κ2) is 5.64. The second-order valence-corrected chi connectivity index (χ2v) is 4.97. The second-order valence-electron chi connectivity index (χ2n) is 3.81. The molecule has 1 aromatic heterocycles. The van der Waals surface area contributed by atoms with E-state index in [0.717, 1.165) is 0 Å². The summed E-state index contributed by atoms with van der Waals surface area (Å²) in [6.45, 7) is 0. The zero-order chi connectivity index (χ0) is 14.9. The van der Waals surface area contributed by atoms with Crippen molar-refractivity contribution in [2.24, 2.45) is 0 Å². The van der Waals surface area contributed by atoms with Gasteiger partial charge in [-0.3, -0.25) is 0 Å². The van der Waals surface area contributed by atoms with Crippen molar-refractivity contribution >= 4 is 40.6 Å². The average Bonchev–Trinajstić information content (AvgIpc) is 2.73. The molecule has 0 atom stereocenters. The van der Waals surface area contributed by atoms with Crippen LogP contribution in [0, 0.1) is 23.7 Å². The number of anilines is 1. The van der Waals surface area contributed by atoms with Crippen molar-refractivity contribution in [2.75, 3.05) is 5.73 Å². The highest BCUT2D eigenvalue weighted by molar-refractivity contribution is 6.48. The van der Waals surface area contributed by atoms with Crippen molar-refractivity contribution in [3.63, 3.8) is 0 Å². The van der Waals surface area contributed by atoms with Crippen molar-refractivity contribution in [3.05, 3.63) is 38.5 Å². The largest absolute Gasteiger partial charge is 0.381 e. The van der Waals surface area contributed by atoms with Crippen LogP contribution >= 0.6 is 34.8 Å². The summed E-state index contributed by atoms with van der Waals surface area (Å²) in [7, 11) is 0. The number of nitrogen functional groups attached to an aromatic ring is 1. The molecule has 0 amide bonds. The maximum absolute atomic E-state index is 9.12. The van der Waals surface area contributed by atoms with Gasteiger partial charge in [0.25, 0.3) is 0 Å². The molecule has 0 aliphatic carbocycles. The smallest absolute Gasteiger partial charge is 0.164 e. The van der Waals surface area contributed by atoms with Crippen LogP contribution < -0.4 is 5.73 Å². The van der Waals surface area contributed by atoms with Gasteiger partial charge in [0.2, 0.25) is 0 Å². The molecule has 0 bridgehead atoms. The lowest BCUT2D eigenvalue weighted by atomic mass is 10.2. The number of halogens is 3. The minimum atomic E-state index is 0.0832. The fraction of sp³-hybridized carbons (Fsp3) is 0.0769. The fourth-order valence-corrected chi connectivity index (χ4v) is 2.34. The Morgan fingerprint density at radius 2 is 2.00 bits per heavy atom. The Labute approximate surface area is 130 Å². The zero-order valence-corrected chi connectivity index (χ0v) is 12.3. The Bertz CT molecular complexity index is 765. The first-order valence-corrected chi connectivity index (χ1v) is 6.49. The van der Waals surface area contributed by atoms with E-state index in [2.05, 4.69) is 11.0 Å². The summed E-state index contributed by atoms with van der Waals surface area (Å²) in [6.07, 6.45) is 5.50. The van der Waals surface area contributed by atoms with Gasteiger partial charge in [-0.25, -0.2) is 4.68 Å². The van der Waals surface area contributed by atoms with Gasteiger partial charge in [0, 0.05) is 0 Å². The van der Waals surface area contributed by atoms with E-state index in [9.17, 15) is 0 Å². The van der Waals surface area contributed by atoms with E-state index in [1.807, 2.05) is 6.07 Å². The molecule has 0 spiro atoms. The third-order valence-electron chi connectivity index (χ3n) is 2.63. The molecule has 0 fully saturated rings. The number of hydrogen-bond donors (Lipinski definition) is 1. The van der Waals surface area contributed by atoms with Crippen LogP contribution in [0.1, 0.15) is 11.3 Å². The first kappa shape index (κ1) is 14.6. The Balaban J connectivity index is 2.75. The lowest BCUT2D eigenvalue weighted by Gasteiger charge is -2.09. The van der Waals surface area contributed by atoms with Gasteiger partial charge in [-0.05, 0) is 12.1 Å². The van der Waals surface area contributed by atoms with Gasteiger partial charge in [-0.15, -0.1) is 17.4 Å². The monoisotopic (exact) mass is 324 g/mol. The number of nitrogens with zero attached hydrogens (tertiary/aromatic N) is 3. The molecule has 0 radical (unpaired) electrons. The van der Waals surface area contributed by atoms with E-state index in [0.29, 0.717) is 16.4 Å². The van der Waals surface area contributed by atoms with E-state index in [1.54, 1.807) is 12.1 Å². The quantitative estimate of drug-likeness (QED) is 0.679. The molecule has 2 aromatic rings. The van der Waals surface area contributed by atoms with E-state index < -0.39 is 0 Å². The molecule has 0 aliphatic heterocycles. The molecular weight excluding hydrogens is 319 g/mol. The summed E-state index contributed by atoms with van der Waals surface area (Å²) < 4.78 is 1.41. The number of aromatic nitrogens is 2. The molecule has 1 aromatic carbocycles. The molecule has 4 nitrogen and oxygen atoms in total. The van der Waals surface area contributed by atoms with Crippen LogP contribution in [0.25, 0.3) is 5.69 Å². The van der Waals surface area contributed by atoms with E-state index in [1.165, 1.54) is 4.68 Å². The first-order valence-electron chi connectivity index (χ1n) is 5.36. The number of benzene rings is 1. The van der Waals surface area contributed by atoms with Crippen LogP contribution in [-0.4, -0.2) is 9.78 Å². The predicted molar refractivity (Wildman–Crippen MR) is 80.3 cm³/mol. The molecule has 7 heteroatoms. The lowest BCUT2D eigenvalue weighted by molar-refractivity contribution is 0.836. The Kier molecular flexibility index (Phi) is 4.11. The SMILES string of the molecule is C#CCc1c(C#N)c(N)nn1-c1ccc(Cl)c(Cl)c1Cl. The number of rotatable bonds is 2. The molecule has 0 unspecified atom stereocenters. The van der Waals surface area contributed by atoms with Crippen LogP contribution in [-0.2, 0) is 6.42 Å². The normalized spacial score (nSPS) is 10.1. The summed E-state index contributed by atoms with van der Waals surface area (Å²) in [5.74, 6) is 2.54. The molecule has 0 saturated carbocycles. The van der Waals surface area contributed by atoms with E-state index in [4.69, 9.17) is 52.2 Å². The van der Waals surface area contributed by atoms with E-state index >= 15 is 0 Å². The number of nitrogens with two attached hydrogens (primary N) is 1. The predicted octanol–water partition coefficient (Wildman–Crippen LogP) is 3.46. The number of terminal acetylenes is 1. The minimum absolute atomic E-state index is 0.0832. The zero-order valence-electron chi connectivity index (χ0n) is 9.99. The van der Waals surface area contributed by atoms with Crippen LogP contribution in [0.15, 0.2) is 12.1 Å². The van der Waals surface area contributed by atoms with Gasteiger partial charge < -0.3 is 5.73 Å². The summed E-state index contributed by atoms with van der Waals surface area (Å²) in [5, 5.41) is 13.9. The average molecular weight is 326 g/mol. The Morgan fingerprint density at radius 3 is 2.60 bits per heavy atom. The molecule has 0 saturated heterocycles. The van der Waals surface area contributed by atoms with Gasteiger partial charge in [0.1, 0.15) is 11.6 Å². The molecule has 2 N–H and O–H groups in total. The summed E-state index contributed by atoms with van der Waals surface area (Å²) in [4.78, 5) is 0. The van der Waals surface area contributed by atoms with Crippen molar-refractivity contribution in [2.45, 2.75) is 6.42 Å². The standard InChI is InChI=1S/C13H7Cl3N4/c1-2-3-9-7(6-17)13(18)19-20(9)10-5-4-8(14)11(15)12(10)16/h1,4-5H,3H2,(H2,18,19). The highest BCUT2D eigenvalue weighted by atomic mass is 35.5. The van der Waals surface area contributed by atoms with Crippen LogP contribution in [0.3, 0.4) is 0 Å². The van der Waals surface area contributed by atoms with E-state index in [-0.39, 0.29) is 27.8 Å². The third kappa shape index (κ3) is 2.30. The molecular formula is C13H7Cl3N4. The summed E-state index contributed by atoms with van der Waals surface area (Å²) >= 11 is 18.0. The minimum Gasteiger partial charge on any atom is -0.381 e. The fourth-order valence-electron chi connectivity index (χ4n) is 1.73. The van der Waals surface area contributed by atoms with Gasteiger partial charge in [0.15, 0.2) is 5.82 Å². The number of nitriles is 1. The topological polar surface area (TPSA) is 67.6 Å². The van der Waals surface area contributed by atoms with Crippen LogP contribution in [0.4, 0.5) is 5.82 Å². The molecule has 0 aliphatic rings. The molecule has 20 heavy (non-hydrogen) atoms. The number of hydrogen-bond acceptors (Lipinski definition) is 3. The highest BCUT2D eigenvalue weighted by Gasteiger charge is 2.19. The Morgan fingerprint density at radius 1 is 1.30 bits per heavy atom. The van der Waals surface area contributed by atoms with Crippen molar-refractivity contribution in [3.8, 4) is 24.1 Å². The Hall–Kier alpha value is -1.85. The van der Waals surface area contributed by atoms with Gasteiger partial charge in [-0.1, -0.05) is 34.8 Å². The van der Waals surface area contributed by atoms with Gasteiger partial charge in [0.05, 0.1) is 32.9 Å². The van der Waals surface area contributed by atoms with Crippen LogP contribution in [0.5, 0.6) is 0 Å². The summed E-state index contributed by atoms with van der Waals surface area (Å²) in [5.41, 5.74) is 6.88. The van der Waals surface area contributed by atoms with Gasteiger partial charge in [-0.2, -0.15) is 5.26 Å². The van der Waals surface area contributed by atoms with Crippen molar-refractivity contribution in [1.29, 1.82) is 5.26 Å². The van der Waals surface area contributed by atoms with Crippen molar-refractivity contribution in [1.82, 2.24) is 9.78 Å². The first-order chi connectivity index (χ1) is 9.51. The molecule has 1 heterocycles. The lowest BCUT2D eigenvalue weighted by Crippen LogP contribution is -2.04. The maximum atomic E-state index is 9.12.